The van der Waals surface area contributed by atoms with Gasteiger partial charge < -0.3 is 15.4 Å². The molecule has 0 spiro atoms. The number of methoxy groups -OCH3 is 1. The van der Waals surface area contributed by atoms with Crippen molar-refractivity contribution in [2.45, 2.75) is 45.2 Å². The number of hydrogen-bond acceptors (Lipinski definition) is 3. The third kappa shape index (κ3) is 7.29. The molecule has 1 aromatic heterocycles. The van der Waals surface area contributed by atoms with E-state index in [4.69, 9.17) is 4.74 Å². The lowest BCUT2D eigenvalue weighted by Crippen LogP contribution is -2.43. The number of guanidine groups is 1. The Kier molecular flexibility index (Phi) is 9.93. The van der Waals surface area contributed by atoms with Gasteiger partial charge in [0.1, 0.15) is 0 Å². The van der Waals surface area contributed by atoms with Crippen molar-refractivity contribution in [1.29, 1.82) is 0 Å². The van der Waals surface area contributed by atoms with Crippen LogP contribution in [0.25, 0.3) is 0 Å². The molecule has 1 heterocycles. The molecular weight excluding hydrogens is 477 g/mol. The molecule has 1 aliphatic rings. The average molecular weight is 511 g/mol. The van der Waals surface area contributed by atoms with Gasteiger partial charge in [0.05, 0.1) is 12.7 Å². The highest BCUT2D eigenvalue weighted by atomic mass is 127. The topological polar surface area (TPSA) is 63.5 Å². The Morgan fingerprint density at radius 3 is 2.62 bits per heavy atom. The molecule has 7 heteroatoms. The number of nitrogens with zero attached hydrogens (tertiary/aromatic N) is 3. The number of rotatable bonds is 9. The van der Waals surface area contributed by atoms with Gasteiger partial charge in [0, 0.05) is 45.6 Å². The second kappa shape index (κ2) is 12.2. The van der Waals surface area contributed by atoms with E-state index >= 15 is 0 Å². The fourth-order valence-electron chi connectivity index (χ4n) is 3.99. The molecule has 0 saturated heterocycles. The number of ether oxygens (including phenoxy) is 1. The molecule has 3 rings (SSSR count). The summed E-state index contributed by atoms with van der Waals surface area (Å²) < 4.78 is 7.30. The maximum Gasteiger partial charge on any atom is 0.191 e. The van der Waals surface area contributed by atoms with Gasteiger partial charge in [-0.15, -0.1) is 24.0 Å². The van der Waals surface area contributed by atoms with E-state index in [2.05, 4.69) is 51.2 Å². The van der Waals surface area contributed by atoms with Gasteiger partial charge in [-0.05, 0) is 30.2 Å². The molecule has 1 fully saturated rings. The molecule has 2 aromatic rings. The van der Waals surface area contributed by atoms with Crippen molar-refractivity contribution in [2.24, 2.45) is 10.4 Å². The Balaban J connectivity index is 0.00000300. The third-order valence-electron chi connectivity index (χ3n) is 5.69. The molecule has 0 radical (unpaired) electrons. The van der Waals surface area contributed by atoms with Crippen molar-refractivity contribution in [3.8, 4) is 0 Å². The fraction of sp³-hybridized carbons (Fsp3) is 0.545. The van der Waals surface area contributed by atoms with Crippen LogP contribution in [0.1, 0.15) is 43.2 Å². The third-order valence-corrected chi connectivity index (χ3v) is 5.69. The van der Waals surface area contributed by atoms with E-state index in [0.29, 0.717) is 12.0 Å². The summed E-state index contributed by atoms with van der Waals surface area (Å²) in [5.41, 5.74) is 2.74. The number of hydrogen-bond donors (Lipinski definition) is 2. The molecule has 160 valence electrons. The Labute approximate surface area is 191 Å². The molecule has 29 heavy (non-hydrogen) atoms. The van der Waals surface area contributed by atoms with Crippen molar-refractivity contribution in [1.82, 2.24) is 20.4 Å². The Hall–Kier alpha value is -1.61. The van der Waals surface area contributed by atoms with E-state index in [1.54, 1.807) is 7.11 Å². The molecule has 1 aliphatic carbocycles. The van der Waals surface area contributed by atoms with Crippen LogP contribution in [0.5, 0.6) is 0 Å². The van der Waals surface area contributed by atoms with E-state index in [1.165, 1.54) is 31.2 Å². The zero-order chi connectivity index (χ0) is 19.7. The van der Waals surface area contributed by atoms with Crippen molar-refractivity contribution in [2.75, 3.05) is 27.3 Å². The lowest BCUT2D eigenvalue weighted by Gasteiger charge is -2.29. The largest absolute Gasteiger partial charge is 0.385 e. The van der Waals surface area contributed by atoms with E-state index in [0.717, 1.165) is 37.6 Å². The molecule has 0 unspecified atom stereocenters. The number of benzene rings is 1. The minimum absolute atomic E-state index is 0. The standard InChI is InChI=1S/C22H33N5O.HI/c1-23-21(25-18-22(12-13-28-2)10-6-7-11-22)24-14-20-15-26-27(17-20)16-19-8-4-3-5-9-19;/h3-5,8-9,15,17H,6-7,10-14,16,18H2,1-2H3,(H2,23,24,25);1H. The summed E-state index contributed by atoms with van der Waals surface area (Å²) in [7, 11) is 3.61. The highest BCUT2D eigenvalue weighted by Gasteiger charge is 2.33. The number of nitrogens with one attached hydrogen (secondary N) is 2. The first kappa shape index (κ1) is 23.7. The molecule has 0 bridgehead atoms. The SMILES string of the molecule is CN=C(NCc1cnn(Cc2ccccc2)c1)NCC1(CCOC)CCCC1.I. The van der Waals surface area contributed by atoms with E-state index in [9.17, 15) is 0 Å². The first-order valence-electron chi connectivity index (χ1n) is 10.2. The molecule has 1 saturated carbocycles. The van der Waals surface area contributed by atoms with Gasteiger partial charge in [-0.2, -0.15) is 5.10 Å². The molecular formula is C22H34IN5O. The summed E-state index contributed by atoms with van der Waals surface area (Å²) in [6, 6.07) is 10.4. The smallest absolute Gasteiger partial charge is 0.191 e. The minimum atomic E-state index is 0. The highest BCUT2D eigenvalue weighted by molar-refractivity contribution is 14.0. The lowest BCUT2D eigenvalue weighted by atomic mass is 9.83. The van der Waals surface area contributed by atoms with Crippen LogP contribution in [0, 0.1) is 5.41 Å². The van der Waals surface area contributed by atoms with E-state index in [1.807, 2.05) is 24.0 Å². The first-order valence-corrected chi connectivity index (χ1v) is 10.2. The molecule has 0 amide bonds. The van der Waals surface area contributed by atoms with Gasteiger partial charge in [0.25, 0.3) is 0 Å². The normalized spacial score (nSPS) is 15.7. The quantitative estimate of drug-likeness (QED) is 0.306. The van der Waals surface area contributed by atoms with Crippen LogP contribution in [0.4, 0.5) is 0 Å². The van der Waals surface area contributed by atoms with E-state index < -0.39 is 0 Å². The minimum Gasteiger partial charge on any atom is -0.385 e. The predicted octanol–water partition coefficient (Wildman–Crippen LogP) is 3.81. The monoisotopic (exact) mass is 511 g/mol. The van der Waals surface area contributed by atoms with Crippen LogP contribution >= 0.6 is 24.0 Å². The Morgan fingerprint density at radius 2 is 1.93 bits per heavy atom. The fourth-order valence-corrected chi connectivity index (χ4v) is 3.99. The molecule has 6 nitrogen and oxygen atoms in total. The van der Waals surface area contributed by atoms with Crippen LogP contribution < -0.4 is 10.6 Å². The number of aromatic nitrogens is 2. The second-order valence-electron chi connectivity index (χ2n) is 7.76. The van der Waals surface area contributed by atoms with Crippen molar-refractivity contribution in [3.63, 3.8) is 0 Å². The second-order valence-corrected chi connectivity index (χ2v) is 7.76. The van der Waals surface area contributed by atoms with E-state index in [-0.39, 0.29) is 24.0 Å². The maximum absolute atomic E-state index is 5.33. The summed E-state index contributed by atoms with van der Waals surface area (Å²) in [5.74, 6) is 0.847. The predicted molar refractivity (Wildman–Crippen MR) is 129 cm³/mol. The molecule has 0 aliphatic heterocycles. The van der Waals surface area contributed by atoms with Gasteiger partial charge in [-0.3, -0.25) is 9.67 Å². The van der Waals surface area contributed by atoms with Crippen LogP contribution in [-0.4, -0.2) is 43.0 Å². The molecule has 0 atom stereocenters. The van der Waals surface area contributed by atoms with Gasteiger partial charge in [0.2, 0.25) is 0 Å². The molecule has 2 N–H and O–H groups in total. The Bertz CT molecular complexity index is 741. The summed E-state index contributed by atoms with van der Waals surface area (Å²) in [5, 5.41) is 11.4. The zero-order valence-electron chi connectivity index (χ0n) is 17.6. The van der Waals surface area contributed by atoms with Crippen molar-refractivity contribution in [3.05, 3.63) is 53.9 Å². The maximum atomic E-state index is 5.33. The molecule has 1 aromatic carbocycles. The highest BCUT2D eigenvalue weighted by Crippen LogP contribution is 2.40. The van der Waals surface area contributed by atoms with Crippen LogP contribution in [0.15, 0.2) is 47.7 Å². The van der Waals surface area contributed by atoms with Crippen molar-refractivity contribution < 1.29 is 4.74 Å². The van der Waals surface area contributed by atoms with Crippen molar-refractivity contribution >= 4 is 29.9 Å². The van der Waals surface area contributed by atoms with Crippen LogP contribution in [0.2, 0.25) is 0 Å². The van der Waals surface area contributed by atoms with Gasteiger partial charge in [-0.1, -0.05) is 43.2 Å². The lowest BCUT2D eigenvalue weighted by molar-refractivity contribution is 0.138. The summed E-state index contributed by atoms with van der Waals surface area (Å²) in [4.78, 5) is 4.39. The van der Waals surface area contributed by atoms with Gasteiger partial charge in [0.15, 0.2) is 5.96 Å². The summed E-state index contributed by atoms with van der Waals surface area (Å²) in [6.45, 7) is 3.27. The van der Waals surface area contributed by atoms with Crippen LogP contribution in [-0.2, 0) is 17.8 Å². The summed E-state index contributed by atoms with van der Waals surface area (Å²) in [6.07, 6.45) is 10.3. The Morgan fingerprint density at radius 1 is 1.17 bits per heavy atom. The van der Waals surface area contributed by atoms with Crippen LogP contribution in [0.3, 0.4) is 0 Å². The average Bonchev–Trinajstić information content (AvgIpc) is 3.37. The summed E-state index contributed by atoms with van der Waals surface area (Å²) >= 11 is 0. The first-order chi connectivity index (χ1) is 13.7. The van der Waals surface area contributed by atoms with Gasteiger partial charge >= 0.3 is 0 Å². The zero-order valence-corrected chi connectivity index (χ0v) is 19.9. The number of halogens is 1. The van der Waals surface area contributed by atoms with Gasteiger partial charge in [-0.25, -0.2) is 0 Å². The number of aliphatic imine (C=N–C) groups is 1.